The number of halogens is 3. The molecule has 0 spiro atoms. The van der Waals surface area contributed by atoms with Crippen molar-refractivity contribution in [3.05, 3.63) is 101 Å². The average Bonchev–Trinajstić information content (AvgIpc) is 3.07. The maximum Gasteiger partial charge on any atom is 0.490 e. The number of carbonyl (C=O) groups excluding carboxylic acids is 4. The highest BCUT2D eigenvalue weighted by Gasteiger charge is 2.38. The molecule has 48 heavy (non-hydrogen) atoms. The molecule has 0 bridgehead atoms. The Labute approximate surface area is 273 Å². The first kappa shape index (κ1) is 35.8. The maximum absolute atomic E-state index is 13.3. The third kappa shape index (κ3) is 8.83. The summed E-state index contributed by atoms with van der Waals surface area (Å²) < 4.78 is 31.7. The number of alkyl halides is 3. The molecule has 0 aromatic heterocycles. The largest absolute Gasteiger partial charge is 0.490 e. The van der Waals surface area contributed by atoms with Crippen LogP contribution >= 0.6 is 0 Å². The number of amides is 2. The Bertz CT molecular complexity index is 1660. The van der Waals surface area contributed by atoms with Crippen LogP contribution in [-0.4, -0.2) is 76.5 Å². The molecule has 1 fully saturated rings. The fourth-order valence-electron chi connectivity index (χ4n) is 5.60. The second kappa shape index (κ2) is 15.7. The van der Waals surface area contributed by atoms with Crippen molar-refractivity contribution in [1.82, 2.24) is 10.6 Å². The Morgan fingerprint density at radius 1 is 0.792 bits per heavy atom. The Balaban J connectivity index is 0.000000671. The van der Waals surface area contributed by atoms with Gasteiger partial charge in [0.2, 0.25) is 11.8 Å². The highest BCUT2D eigenvalue weighted by molar-refractivity contribution is 6.30. The van der Waals surface area contributed by atoms with Crippen LogP contribution in [0.3, 0.4) is 0 Å². The minimum absolute atomic E-state index is 0.0547. The zero-order valence-electron chi connectivity index (χ0n) is 25.6. The first-order valence-corrected chi connectivity index (χ1v) is 15.2. The number of fused-ring (bicyclic) bond motifs is 2. The van der Waals surface area contributed by atoms with E-state index in [1.165, 1.54) is 0 Å². The van der Waals surface area contributed by atoms with Crippen molar-refractivity contribution in [2.75, 3.05) is 11.9 Å². The average molecular weight is 669 g/mol. The molecule has 2 amide bonds. The summed E-state index contributed by atoms with van der Waals surface area (Å²) in [6.45, 7) is -0.540. The summed E-state index contributed by atoms with van der Waals surface area (Å²) in [6, 6.07) is 19.5. The van der Waals surface area contributed by atoms with Gasteiger partial charge in [0.15, 0.2) is 11.6 Å². The van der Waals surface area contributed by atoms with E-state index in [1.807, 2.05) is 36.4 Å². The number of aliphatic carboxylic acids is 1. The maximum atomic E-state index is 13.3. The molecule has 3 aromatic carbocycles. The molecule has 0 heterocycles. The molecule has 11 nitrogen and oxygen atoms in total. The van der Waals surface area contributed by atoms with Crippen LogP contribution in [0.2, 0.25) is 0 Å². The second-order valence-corrected chi connectivity index (χ2v) is 11.5. The summed E-state index contributed by atoms with van der Waals surface area (Å²) in [4.78, 5) is 60.6. The monoisotopic (exact) mass is 668 g/mol. The van der Waals surface area contributed by atoms with Gasteiger partial charge in [-0.25, -0.2) is 4.79 Å². The van der Waals surface area contributed by atoms with Crippen molar-refractivity contribution in [2.45, 2.75) is 62.4 Å². The van der Waals surface area contributed by atoms with E-state index < -0.39 is 42.7 Å². The van der Waals surface area contributed by atoms with Gasteiger partial charge in [-0.05, 0) is 43.7 Å². The molecular weight excluding hydrogens is 633 g/mol. The van der Waals surface area contributed by atoms with E-state index in [4.69, 9.17) is 15.6 Å². The number of aliphatic hydroxyl groups is 1. The molecule has 7 N–H and O–H groups in total. The first-order valence-electron chi connectivity index (χ1n) is 15.2. The lowest BCUT2D eigenvalue weighted by atomic mass is 9.83. The van der Waals surface area contributed by atoms with Crippen LogP contribution in [0, 0.1) is 0 Å². The Kier molecular flexibility index (Phi) is 11.7. The number of hydrogen-bond acceptors (Lipinski definition) is 8. The lowest BCUT2D eigenvalue weighted by molar-refractivity contribution is -0.192. The molecule has 0 aliphatic heterocycles. The molecular formula is C34H35F3N4O7. The van der Waals surface area contributed by atoms with Crippen molar-refractivity contribution < 1.29 is 47.4 Å². The summed E-state index contributed by atoms with van der Waals surface area (Å²) in [5.41, 5.74) is 9.21. The SMILES string of the molecule is N[C@@H](Cc1ccccc1)C(=O)N[C@@H](CO)C(=O)NC1CCC(Nc2cccc3c2C(=O)c2ccccc2C3=O)CC1.O=C(O)C(F)(F)F. The van der Waals surface area contributed by atoms with Gasteiger partial charge in [0.1, 0.15) is 6.04 Å². The van der Waals surface area contributed by atoms with Crippen molar-refractivity contribution in [2.24, 2.45) is 5.73 Å². The summed E-state index contributed by atoms with van der Waals surface area (Å²) in [6.07, 6.45) is -1.96. The van der Waals surface area contributed by atoms with E-state index in [-0.39, 0.29) is 23.7 Å². The normalized spacial score (nSPS) is 18.2. The van der Waals surface area contributed by atoms with Gasteiger partial charge in [-0.15, -0.1) is 0 Å². The molecule has 0 saturated heterocycles. The molecule has 0 radical (unpaired) electrons. The Morgan fingerprint density at radius 2 is 1.33 bits per heavy atom. The number of rotatable bonds is 9. The number of nitrogens with two attached hydrogens (primary N) is 1. The van der Waals surface area contributed by atoms with Gasteiger partial charge in [-0.2, -0.15) is 13.2 Å². The molecule has 2 atom stereocenters. The molecule has 1 saturated carbocycles. The third-order valence-corrected chi connectivity index (χ3v) is 8.08. The van der Waals surface area contributed by atoms with Crippen LogP contribution < -0.4 is 21.7 Å². The number of nitrogens with one attached hydrogen (secondary N) is 3. The topological polar surface area (TPSA) is 188 Å². The number of hydrogen-bond donors (Lipinski definition) is 6. The van der Waals surface area contributed by atoms with Gasteiger partial charge in [0.05, 0.1) is 18.2 Å². The van der Waals surface area contributed by atoms with Crippen LogP contribution in [0.25, 0.3) is 0 Å². The van der Waals surface area contributed by atoms with Gasteiger partial charge in [0.25, 0.3) is 0 Å². The van der Waals surface area contributed by atoms with Crippen LogP contribution in [0.1, 0.15) is 63.1 Å². The number of carboxylic acid groups (broad SMARTS) is 1. The van der Waals surface area contributed by atoms with Crippen LogP contribution in [0.15, 0.2) is 72.8 Å². The number of aliphatic hydroxyl groups excluding tert-OH is 1. The minimum atomic E-state index is -5.08. The van der Waals surface area contributed by atoms with Gasteiger partial charge in [-0.1, -0.05) is 66.7 Å². The molecule has 3 aromatic rings. The lowest BCUT2D eigenvalue weighted by Crippen LogP contribution is -2.55. The summed E-state index contributed by atoms with van der Waals surface area (Å²) in [5.74, 6) is -4.04. The highest BCUT2D eigenvalue weighted by Crippen LogP contribution is 2.33. The van der Waals surface area contributed by atoms with Crippen molar-refractivity contribution in [3.8, 4) is 0 Å². The number of carbonyl (C=O) groups is 5. The van der Waals surface area contributed by atoms with Crippen molar-refractivity contribution in [1.29, 1.82) is 0 Å². The van der Waals surface area contributed by atoms with Gasteiger partial charge < -0.3 is 31.9 Å². The third-order valence-electron chi connectivity index (χ3n) is 8.08. The zero-order chi connectivity index (χ0) is 35.0. The fraction of sp³-hybridized carbons (Fsp3) is 0.324. The van der Waals surface area contributed by atoms with Crippen molar-refractivity contribution in [3.63, 3.8) is 0 Å². The number of anilines is 1. The van der Waals surface area contributed by atoms with Crippen molar-refractivity contribution >= 4 is 35.0 Å². The van der Waals surface area contributed by atoms with Gasteiger partial charge in [0, 0.05) is 34.5 Å². The molecule has 2 aliphatic carbocycles. The van der Waals surface area contributed by atoms with E-state index in [0.29, 0.717) is 47.2 Å². The second-order valence-electron chi connectivity index (χ2n) is 11.5. The summed E-state index contributed by atoms with van der Waals surface area (Å²) in [5, 5.41) is 25.9. The predicted molar refractivity (Wildman–Crippen MR) is 168 cm³/mol. The van der Waals surface area contributed by atoms with Crippen LogP contribution in [0.4, 0.5) is 18.9 Å². The van der Waals surface area contributed by atoms with E-state index in [2.05, 4.69) is 16.0 Å². The molecule has 2 aliphatic rings. The predicted octanol–water partition coefficient (Wildman–Crippen LogP) is 2.98. The van der Waals surface area contributed by atoms with E-state index in [1.54, 1.807) is 36.4 Å². The molecule has 14 heteroatoms. The quantitative estimate of drug-likeness (QED) is 0.156. The molecule has 254 valence electrons. The number of benzene rings is 3. The lowest BCUT2D eigenvalue weighted by Gasteiger charge is -2.32. The van der Waals surface area contributed by atoms with E-state index in [9.17, 15) is 37.5 Å². The number of ketones is 2. The Hall–Kier alpha value is -5.08. The minimum Gasteiger partial charge on any atom is -0.475 e. The summed E-state index contributed by atoms with van der Waals surface area (Å²) >= 11 is 0. The highest BCUT2D eigenvalue weighted by atomic mass is 19.4. The smallest absolute Gasteiger partial charge is 0.475 e. The molecule has 0 unspecified atom stereocenters. The molecule has 5 rings (SSSR count). The Morgan fingerprint density at radius 3 is 1.92 bits per heavy atom. The standard InChI is InChI=1S/C32H34N4O5.C2HF3O2/c33-25(17-19-7-2-1-3-8-19)31(40)36-27(18-37)32(41)35-21-15-13-20(14-16-21)34-26-12-6-11-24-28(26)30(39)23-10-5-4-9-22(23)29(24)38;3-2(4,5)1(6)7/h1-12,20-21,25,27,34,37H,13-18,33H2,(H,35,41)(H,36,40);(H,6,7)/t20?,21?,25-,27-;/m0./s1. The summed E-state index contributed by atoms with van der Waals surface area (Å²) in [7, 11) is 0. The van der Waals surface area contributed by atoms with Crippen LogP contribution in [-0.2, 0) is 20.8 Å². The zero-order valence-corrected chi connectivity index (χ0v) is 25.6. The fourth-order valence-corrected chi connectivity index (χ4v) is 5.60. The number of carboxylic acids is 1. The first-order chi connectivity index (χ1) is 22.8. The van der Waals surface area contributed by atoms with E-state index in [0.717, 1.165) is 18.4 Å². The van der Waals surface area contributed by atoms with Gasteiger partial charge in [-0.3, -0.25) is 19.2 Å². The van der Waals surface area contributed by atoms with Crippen LogP contribution in [0.5, 0.6) is 0 Å². The van der Waals surface area contributed by atoms with Gasteiger partial charge >= 0.3 is 12.1 Å². The van der Waals surface area contributed by atoms with E-state index >= 15 is 0 Å².